The molecule has 1 aromatic rings. The fourth-order valence-electron chi connectivity index (χ4n) is 2.79. The third-order valence-corrected chi connectivity index (χ3v) is 3.86. The molecule has 3 N–H and O–H groups in total. The number of hydrogen-bond acceptors (Lipinski definition) is 3. The quantitative estimate of drug-likeness (QED) is 0.785. The van der Waals surface area contributed by atoms with Gasteiger partial charge in [-0.1, -0.05) is 26.2 Å². The molecule has 0 aliphatic heterocycles. The number of carbonyl (C=O) groups is 1. The van der Waals surface area contributed by atoms with E-state index in [1.807, 2.05) is 0 Å². The molecule has 2 atom stereocenters. The van der Waals surface area contributed by atoms with Gasteiger partial charge in [-0.3, -0.25) is 4.79 Å². The second-order valence-corrected chi connectivity index (χ2v) is 5.35. The Morgan fingerprint density at radius 3 is 2.58 bits per heavy atom. The van der Waals surface area contributed by atoms with Gasteiger partial charge < -0.3 is 15.5 Å². The summed E-state index contributed by atoms with van der Waals surface area (Å²) in [6.45, 7) is 2.18. The zero-order valence-corrected chi connectivity index (χ0v) is 11.2. The minimum atomic E-state index is -0.229. The van der Waals surface area contributed by atoms with Crippen molar-refractivity contribution in [3.63, 3.8) is 0 Å². The number of aromatic hydroxyl groups is 2. The third-order valence-electron chi connectivity index (χ3n) is 3.86. The van der Waals surface area contributed by atoms with Gasteiger partial charge in [0.1, 0.15) is 11.5 Å². The van der Waals surface area contributed by atoms with Crippen molar-refractivity contribution in [2.45, 2.75) is 45.1 Å². The Kier molecular flexibility index (Phi) is 4.30. The van der Waals surface area contributed by atoms with E-state index in [0.717, 1.165) is 25.7 Å². The average Bonchev–Trinajstić information content (AvgIpc) is 2.37. The summed E-state index contributed by atoms with van der Waals surface area (Å²) in [4.78, 5) is 12.1. The van der Waals surface area contributed by atoms with Gasteiger partial charge >= 0.3 is 0 Å². The van der Waals surface area contributed by atoms with Crippen LogP contribution in [0.25, 0.3) is 0 Å². The molecular weight excluding hydrogens is 242 g/mol. The number of rotatable bonds is 3. The maximum Gasteiger partial charge on any atom is 0.251 e. The van der Waals surface area contributed by atoms with Crippen molar-refractivity contribution in [2.24, 2.45) is 5.92 Å². The number of phenolic OH excluding ortho intramolecular Hbond substituents is 2. The van der Waals surface area contributed by atoms with Gasteiger partial charge in [-0.15, -0.1) is 0 Å². The highest BCUT2D eigenvalue weighted by Gasteiger charge is 2.22. The molecule has 1 amide bonds. The van der Waals surface area contributed by atoms with Gasteiger partial charge in [-0.25, -0.2) is 0 Å². The van der Waals surface area contributed by atoms with Crippen molar-refractivity contribution in [3.05, 3.63) is 23.8 Å². The van der Waals surface area contributed by atoms with Crippen LogP contribution in [-0.2, 0) is 0 Å². The van der Waals surface area contributed by atoms with Crippen LogP contribution in [0.4, 0.5) is 0 Å². The number of carbonyl (C=O) groups excluding carboxylic acids is 1. The molecule has 104 valence electrons. The normalized spacial score (nSPS) is 23.0. The maximum absolute atomic E-state index is 12.1. The van der Waals surface area contributed by atoms with Crippen LogP contribution in [0.2, 0.25) is 0 Å². The molecule has 0 spiro atoms. The lowest BCUT2D eigenvalue weighted by molar-refractivity contribution is 0.0918. The molecule has 0 bridgehead atoms. The monoisotopic (exact) mass is 263 g/mol. The van der Waals surface area contributed by atoms with E-state index < -0.39 is 0 Å². The Labute approximate surface area is 113 Å². The van der Waals surface area contributed by atoms with Gasteiger partial charge in [0.2, 0.25) is 0 Å². The molecule has 1 fully saturated rings. The molecule has 4 heteroatoms. The maximum atomic E-state index is 12.1. The molecule has 0 aromatic heterocycles. The Morgan fingerprint density at radius 1 is 1.26 bits per heavy atom. The molecule has 4 nitrogen and oxygen atoms in total. The Bertz CT molecular complexity index is 438. The van der Waals surface area contributed by atoms with E-state index in [0.29, 0.717) is 11.5 Å². The van der Waals surface area contributed by atoms with Gasteiger partial charge in [0.15, 0.2) is 0 Å². The van der Waals surface area contributed by atoms with E-state index in [1.54, 1.807) is 0 Å². The van der Waals surface area contributed by atoms with Crippen molar-refractivity contribution < 1.29 is 15.0 Å². The van der Waals surface area contributed by atoms with Crippen LogP contribution in [0, 0.1) is 5.92 Å². The topological polar surface area (TPSA) is 69.6 Å². The summed E-state index contributed by atoms with van der Waals surface area (Å²) in [7, 11) is 0. The van der Waals surface area contributed by atoms with Gasteiger partial charge in [0.05, 0.1) is 0 Å². The molecule has 0 radical (unpaired) electrons. The predicted octanol–water partition coefficient (Wildman–Crippen LogP) is 2.80. The average molecular weight is 263 g/mol. The number of nitrogens with one attached hydrogen (secondary N) is 1. The minimum Gasteiger partial charge on any atom is -0.508 e. The van der Waals surface area contributed by atoms with Crippen molar-refractivity contribution in [1.82, 2.24) is 5.32 Å². The summed E-state index contributed by atoms with van der Waals surface area (Å²) in [5.74, 6) is 0.269. The third kappa shape index (κ3) is 3.63. The molecule has 0 heterocycles. The highest BCUT2D eigenvalue weighted by Crippen LogP contribution is 2.27. The fraction of sp³-hybridized carbons (Fsp3) is 0.533. The van der Waals surface area contributed by atoms with E-state index in [2.05, 4.69) is 12.2 Å². The van der Waals surface area contributed by atoms with Crippen molar-refractivity contribution in [3.8, 4) is 11.5 Å². The zero-order chi connectivity index (χ0) is 13.8. The first-order chi connectivity index (χ1) is 9.08. The van der Waals surface area contributed by atoms with E-state index in [9.17, 15) is 15.0 Å². The first-order valence-corrected chi connectivity index (χ1v) is 6.92. The van der Waals surface area contributed by atoms with Crippen LogP contribution < -0.4 is 5.32 Å². The van der Waals surface area contributed by atoms with Crippen LogP contribution in [0.1, 0.15) is 49.4 Å². The molecule has 1 aliphatic carbocycles. The van der Waals surface area contributed by atoms with Crippen LogP contribution in [0.5, 0.6) is 11.5 Å². The van der Waals surface area contributed by atoms with Gasteiger partial charge in [-0.2, -0.15) is 0 Å². The molecule has 1 aromatic carbocycles. The first-order valence-electron chi connectivity index (χ1n) is 6.92. The lowest BCUT2D eigenvalue weighted by Gasteiger charge is -2.29. The summed E-state index contributed by atoms with van der Waals surface area (Å²) in [5.41, 5.74) is 0.302. The van der Waals surface area contributed by atoms with Gasteiger partial charge in [0.25, 0.3) is 5.91 Å². The highest BCUT2D eigenvalue weighted by molar-refractivity contribution is 5.95. The highest BCUT2D eigenvalue weighted by atomic mass is 16.3. The molecule has 1 aliphatic rings. The Morgan fingerprint density at radius 2 is 1.95 bits per heavy atom. The SMILES string of the molecule is CCC1CCCC(NC(=O)c2cc(O)cc(O)c2)C1. The summed E-state index contributed by atoms with van der Waals surface area (Å²) in [6.07, 6.45) is 5.57. The Balaban J connectivity index is 2.00. The van der Waals surface area contributed by atoms with Gasteiger partial charge in [0, 0.05) is 17.7 Å². The largest absolute Gasteiger partial charge is 0.508 e. The number of benzene rings is 1. The molecule has 1 saturated carbocycles. The summed E-state index contributed by atoms with van der Waals surface area (Å²) in [6, 6.07) is 4.16. The van der Waals surface area contributed by atoms with Gasteiger partial charge in [-0.05, 0) is 30.9 Å². The van der Waals surface area contributed by atoms with Crippen molar-refractivity contribution in [2.75, 3.05) is 0 Å². The molecule has 2 unspecified atom stereocenters. The molecular formula is C15H21NO3. The number of hydrogen-bond donors (Lipinski definition) is 3. The van der Waals surface area contributed by atoms with Crippen molar-refractivity contribution in [1.29, 1.82) is 0 Å². The second-order valence-electron chi connectivity index (χ2n) is 5.35. The molecule has 2 rings (SSSR count). The van der Waals surface area contributed by atoms with E-state index in [-0.39, 0.29) is 23.4 Å². The lowest BCUT2D eigenvalue weighted by atomic mass is 9.84. The van der Waals surface area contributed by atoms with Crippen molar-refractivity contribution >= 4 is 5.91 Å². The van der Waals surface area contributed by atoms with E-state index in [1.165, 1.54) is 24.6 Å². The predicted molar refractivity (Wildman–Crippen MR) is 73.3 cm³/mol. The first kappa shape index (κ1) is 13.7. The minimum absolute atomic E-state index is 0.0970. The molecule has 19 heavy (non-hydrogen) atoms. The standard InChI is InChI=1S/C15H21NO3/c1-2-10-4-3-5-12(6-10)16-15(19)11-7-13(17)9-14(18)8-11/h7-10,12,17-18H,2-6H2,1H3,(H,16,19). The second kappa shape index (κ2) is 5.95. The van der Waals surface area contributed by atoms with Crippen LogP contribution in [0.3, 0.4) is 0 Å². The number of amides is 1. The summed E-state index contributed by atoms with van der Waals surface area (Å²) >= 11 is 0. The lowest BCUT2D eigenvalue weighted by Crippen LogP contribution is -2.38. The van der Waals surface area contributed by atoms with Crippen LogP contribution in [-0.4, -0.2) is 22.2 Å². The zero-order valence-electron chi connectivity index (χ0n) is 11.2. The fourth-order valence-corrected chi connectivity index (χ4v) is 2.79. The smallest absolute Gasteiger partial charge is 0.251 e. The van der Waals surface area contributed by atoms with E-state index >= 15 is 0 Å². The van der Waals surface area contributed by atoms with Crippen LogP contribution in [0.15, 0.2) is 18.2 Å². The Hall–Kier alpha value is -1.71. The molecule has 0 saturated heterocycles. The van der Waals surface area contributed by atoms with E-state index in [4.69, 9.17) is 0 Å². The van der Waals surface area contributed by atoms with Crippen LogP contribution >= 0.6 is 0 Å². The summed E-state index contributed by atoms with van der Waals surface area (Å²) in [5, 5.41) is 21.8. The number of phenols is 2. The summed E-state index contributed by atoms with van der Waals surface area (Å²) < 4.78 is 0.